The van der Waals surface area contributed by atoms with E-state index in [9.17, 15) is 57.8 Å². The summed E-state index contributed by atoms with van der Waals surface area (Å²) < 4.78 is 151. The predicted molar refractivity (Wildman–Crippen MR) is 130 cm³/mol. The van der Waals surface area contributed by atoms with E-state index in [4.69, 9.17) is 5.73 Å². The molecule has 1 amide bonds. The summed E-state index contributed by atoms with van der Waals surface area (Å²) in [5.41, 5.74) is -2.30. The molecule has 0 aromatic heterocycles. The number of carbonyl (C=O) groups is 1. The minimum atomic E-state index is -6.20. The number of primary amides is 1. The average Bonchev–Trinajstić information content (AvgIpc) is 2.89. The molecule has 2 aromatic carbocycles. The zero-order valence-electron chi connectivity index (χ0n) is 21.6. The lowest BCUT2D eigenvalue weighted by molar-refractivity contribution is -0.387. The molecule has 0 radical (unpaired) electrons. The molecule has 3 N–H and O–H groups in total. The van der Waals surface area contributed by atoms with Crippen molar-refractivity contribution in [2.24, 2.45) is 17.1 Å². The third kappa shape index (κ3) is 5.84. The largest absolute Gasteiger partial charge is 0.426 e. The Balaban J connectivity index is 2.31. The topological polar surface area (TPSA) is 107 Å². The van der Waals surface area contributed by atoms with Crippen molar-refractivity contribution in [3.05, 3.63) is 71.8 Å². The van der Waals surface area contributed by atoms with E-state index in [1.165, 1.54) is 48.5 Å². The maximum absolute atomic E-state index is 14.0. The van der Waals surface area contributed by atoms with E-state index in [1.54, 1.807) is 0 Å². The third-order valence-corrected chi connectivity index (χ3v) is 9.93. The van der Waals surface area contributed by atoms with Gasteiger partial charge in [0.1, 0.15) is 4.75 Å². The van der Waals surface area contributed by atoms with E-state index in [2.05, 4.69) is 4.18 Å². The normalized spacial score (nSPS) is 22.4. The first kappa shape index (κ1) is 33.6. The van der Waals surface area contributed by atoms with Crippen LogP contribution in [0.15, 0.2) is 60.7 Å². The standard InChI is InChI=1S/C26H26F9NO5S/c27-23(28,29)16-41-42(39,40)22(18-9-5-2-6-10-18,15-17-7-3-1-4-8-17)21(20(36)37)13-11-19(12-14-21)24(38,25(30,31)32)26(33,34)35/h1-10,19,38H,11-16H2,(H2,36,37). The first-order valence-electron chi connectivity index (χ1n) is 12.4. The van der Waals surface area contributed by atoms with E-state index in [-0.39, 0.29) is 11.1 Å². The molecule has 0 heterocycles. The van der Waals surface area contributed by atoms with Crippen LogP contribution in [0.1, 0.15) is 36.8 Å². The van der Waals surface area contributed by atoms with Gasteiger partial charge >= 0.3 is 18.5 Å². The number of benzene rings is 2. The summed E-state index contributed by atoms with van der Waals surface area (Å²) in [5.74, 6) is -4.09. The van der Waals surface area contributed by atoms with Gasteiger partial charge in [-0.25, -0.2) is 0 Å². The van der Waals surface area contributed by atoms with Crippen LogP contribution in [-0.2, 0) is 30.3 Å². The highest BCUT2D eigenvalue weighted by Crippen LogP contribution is 2.61. The third-order valence-electron chi connectivity index (χ3n) is 7.88. The SMILES string of the molecule is NC(=O)C1(C(Cc2ccccc2)(c2ccccc2)S(=O)(=O)OCC(F)(F)F)CCC(C(O)(C(F)(F)F)C(F)(F)F)CC1. The summed E-state index contributed by atoms with van der Waals surface area (Å²) in [6.45, 7) is -2.34. The van der Waals surface area contributed by atoms with Crippen LogP contribution in [0.3, 0.4) is 0 Å². The lowest BCUT2D eigenvalue weighted by Crippen LogP contribution is -2.65. The van der Waals surface area contributed by atoms with Crippen molar-refractivity contribution in [1.82, 2.24) is 0 Å². The maximum atomic E-state index is 14.0. The first-order chi connectivity index (χ1) is 19.1. The van der Waals surface area contributed by atoms with Crippen LogP contribution in [0, 0.1) is 11.3 Å². The van der Waals surface area contributed by atoms with E-state index >= 15 is 0 Å². The Bertz CT molecular complexity index is 1320. The molecule has 0 bridgehead atoms. The van der Waals surface area contributed by atoms with E-state index in [0.29, 0.717) is 0 Å². The first-order valence-corrected chi connectivity index (χ1v) is 13.8. The van der Waals surface area contributed by atoms with Crippen LogP contribution in [0.2, 0.25) is 0 Å². The van der Waals surface area contributed by atoms with Gasteiger partial charge in [0.15, 0.2) is 6.61 Å². The van der Waals surface area contributed by atoms with Gasteiger partial charge in [-0.1, -0.05) is 60.7 Å². The Morgan fingerprint density at radius 2 is 1.31 bits per heavy atom. The summed E-state index contributed by atoms with van der Waals surface area (Å²) in [4.78, 5) is 13.3. The molecule has 3 rings (SSSR count). The summed E-state index contributed by atoms with van der Waals surface area (Å²) in [6, 6.07) is 13.4. The second-order valence-corrected chi connectivity index (χ2v) is 12.0. The molecule has 1 saturated carbocycles. The van der Waals surface area contributed by atoms with Crippen molar-refractivity contribution < 1.29 is 62.0 Å². The highest BCUT2D eigenvalue weighted by molar-refractivity contribution is 7.87. The highest BCUT2D eigenvalue weighted by atomic mass is 32.2. The van der Waals surface area contributed by atoms with Gasteiger partial charge in [-0.3, -0.25) is 8.98 Å². The summed E-state index contributed by atoms with van der Waals surface area (Å²) in [6.07, 6.45) is -22.9. The van der Waals surface area contributed by atoms with Gasteiger partial charge in [-0.15, -0.1) is 0 Å². The molecule has 1 fully saturated rings. The molecule has 1 aliphatic rings. The number of hydrogen-bond donors (Lipinski definition) is 2. The number of halogens is 9. The molecular formula is C26H26F9NO5S. The summed E-state index contributed by atoms with van der Waals surface area (Å²) in [5, 5.41) is 9.97. The fraction of sp³-hybridized carbons (Fsp3) is 0.500. The molecular weight excluding hydrogens is 609 g/mol. The monoisotopic (exact) mass is 635 g/mol. The van der Waals surface area contributed by atoms with Gasteiger partial charge in [0.2, 0.25) is 5.91 Å². The fourth-order valence-corrected chi connectivity index (χ4v) is 7.90. The van der Waals surface area contributed by atoms with Crippen molar-refractivity contribution in [2.45, 2.75) is 61.0 Å². The average molecular weight is 636 g/mol. The van der Waals surface area contributed by atoms with E-state index < -0.39 is 94.9 Å². The second-order valence-electron chi connectivity index (χ2n) is 10.2. The van der Waals surface area contributed by atoms with Crippen molar-refractivity contribution in [3.8, 4) is 0 Å². The lowest BCUT2D eigenvalue weighted by atomic mass is 9.57. The lowest BCUT2D eigenvalue weighted by Gasteiger charge is -2.52. The molecule has 2 aromatic rings. The van der Waals surface area contributed by atoms with Crippen LogP contribution in [0.4, 0.5) is 39.5 Å². The minimum Gasteiger partial charge on any atom is -0.373 e. The van der Waals surface area contributed by atoms with Crippen molar-refractivity contribution in [1.29, 1.82) is 0 Å². The molecule has 1 unspecified atom stereocenters. The molecule has 0 spiro atoms. The van der Waals surface area contributed by atoms with Gasteiger partial charge in [0.25, 0.3) is 15.7 Å². The Morgan fingerprint density at radius 1 is 0.857 bits per heavy atom. The number of aliphatic hydroxyl groups is 1. The number of amides is 1. The van der Waals surface area contributed by atoms with Crippen LogP contribution in [-0.4, -0.2) is 50.2 Å². The predicted octanol–water partition coefficient (Wildman–Crippen LogP) is 5.55. The Labute approximate surface area is 234 Å². The van der Waals surface area contributed by atoms with Gasteiger partial charge in [-0.05, 0) is 43.2 Å². The highest BCUT2D eigenvalue weighted by Gasteiger charge is 2.75. The molecule has 0 saturated heterocycles. The molecule has 16 heteroatoms. The molecule has 1 aliphatic carbocycles. The molecule has 234 valence electrons. The van der Waals surface area contributed by atoms with Crippen molar-refractivity contribution in [3.63, 3.8) is 0 Å². The molecule has 1 atom stereocenters. The number of alkyl halides is 9. The molecule has 0 aliphatic heterocycles. The maximum Gasteiger partial charge on any atom is 0.426 e. The Hall–Kier alpha value is -2.85. The van der Waals surface area contributed by atoms with Crippen LogP contribution in [0.25, 0.3) is 0 Å². The molecule has 6 nitrogen and oxygen atoms in total. The Morgan fingerprint density at radius 3 is 1.71 bits per heavy atom. The summed E-state index contributed by atoms with van der Waals surface area (Å²) >= 11 is 0. The van der Waals surface area contributed by atoms with Crippen LogP contribution < -0.4 is 5.73 Å². The zero-order valence-corrected chi connectivity index (χ0v) is 22.4. The fourth-order valence-electron chi connectivity index (χ4n) is 5.86. The quantitative estimate of drug-likeness (QED) is 0.278. The van der Waals surface area contributed by atoms with Gasteiger partial charge in [0, 0.05) is 5.92 Å². The number of carbonyl (C=O) groups excluding carboxylic acids is 1. The number of nitrogens with two attached hydrogens (primary N) is 1. The Kier molecular flexibility index (Phi) is 9.08. The number of hydrogen-bond acceptors (Lipinski definition) is 5. The van der Waals surface area contributed by atoms with Crippen molar-refractivity contribution >= 4 is 16.0 Å². The van der Waals surface area contributed by atoms with Gasteiger partial charge in [-0.2, -0.15) is 47.9 Å². The minimum absolute atomic E-state index is 0.130. The zero-order chi connectivity index (χ0) is 31.8. The number of rotatable bonds is 9. The smallest absolute Gasteiger partial charge is 0.373 e. The second kappa shape index (κ2) is 11.3. The van der Waals surface area contributed by atoms with Gasteiger partial charge < -0.3 is 10.8 Å². The van der Waals surface area contributed by atoms with Gasteiger partial charge in [0.05, 0.1) is 5.41 Å². The molecule has 42 heavy (non-hydrogen) atoms. The van der Waals surface area contributed by atoms with Crippen molar-refractivity contribution in [2.75, 3.05) is 6.61 Å². The summed E-state index contributed by atoms with van der Waals surface area (Å²) in [7, 11) is -5.61. The van der Waals surface area contributed by atoms with E-state index in [1.807, 2.05) is 0 Å². The van der Waals surface area contributed by atoms with E-state index in [0.717, 1.165) is 12.1 Å². The van der Waals surface area contributed by atoms with Crippen LogP contribution in [0.5, 0.6) is 0 Å². The van der Waals surface area contributed by atoms with Crippen LogP contribution >= 0.6 is 0 Å².